The molecule has 4 saturated carbocycles. The summed E-state index contributed by atoms with van der Waals surface area (Å²) in [5.74, 6) is 1.84. The smallest absolute Gasteiger partial charge is 0.241 e. The largest absolute Gasteiger partial charge is 0.349 e. The first-order valence-electron chi connectivity index (χ1n) is 9.37. The lowest BCUT2D eigenvalue weighted by atomic mass is 9.53. The van der Waals surface area contributed by atoms with Gasteiger partial charge in [0, 0.05) is 15.6 Å². The number of carbonyl (C=O) groups excluding carboxylic acids is 1. The number of nitrogens with one attached hydrogen (secondary N) is 1. The minimum Gasteiger partial charge on any atom is -0.349 e. The van der Waals surface area contributed by atoms with Crippen LogP contribution in [0.4, 0.5) is 5.69 Å². The van der Waals surface area contributed by atoms with E-state index in [0.29, 0.717) is 33.5 Å². The highest BCUT2D eigenvalue weighted by atomic mass is 35.5. The second-order valence-electron chi connectivity index (χ2n) is 8.64. The van der Waals surface area contributed by atoms with Crippen LogP contribution in [0.15, 0.2) is 18.2 Å². The Morgan fingerprint density at radius 1 is 1.07 bits per heavy atom. The molecule has 0 heterocycles. The third-order valence-electron chi connectivity index (χ3n) is 6.27. The van der Waals surface area contributed by atoms with E-state index >= 15 is 0 Å². The number of nitrogens with zero attached hydrogens (tertiary/aromatic N) is 1. The maximum absolute atomic E-state index is 12.8. The van der Waals surface area contributed by atoms with E-state index in [1.54, 1.807) is 0 Å². The van der Waals surface area contributed by atoms with Crippen LogP contribution in [0.5, 0.6) is 0 Å². The molecule has 1 amide bonds. The van der Waals surface area contributed by atoms with Crippen LogP contribution in [0.3, 0.4) is 0 Å². The van der Waals surface area contributed by atoms with Gasteiger partial charge in [-0.2, -0.15) is 0 Å². The molecule has 5 rings (SSSR count). The minimum absolute atomic E-state index is 0.152. The maximum atomic E-state index is 12.8. The van der Waals surface area contributed by atoms with Gasteiger partial charge in [-0.3, -0.25) is 9.10 Å². The van der Waals surface area contributed by atoms with Gasteiger partial charge >= 0.3 is 0 Å². The molecule has 0 aliphatic heterocycles. The van der Waals surface area contributed by atoms with Gasteiger partial charge < -0.3 is 5.32 Å². The van der Waals surface area contributed by atoms with Crippen molar-refractivity contribution in [2.75, 3.05) is 17.1 Å². The second kappa shape index (κ2) is 6.82. The van der Waals surface area contributed by atoms with Gasteiger partial charge in [-0.15, -0.1) is 0 Å². The zero-order valence-corrected chi connectivity index (χ0v) is 17.6. The number of halogens is 2. The molecule has 4 aliphatic carbocycles. The van der Waals surface area contributed by atoms with Gasteiger partial charge in [-0.1, -0.05) is 23.2 Å². The van der Waals surface area contributed by atoms with Gasteiger partial charge in [0.2, 0.25) is 15.9 Å². The highest BCUT2D eigenvalue weighted by Crippen LogP contribution is 2.55. The number of carbonyl (C=O) groups is 1. The normalized spacial score (nSPS) is 31.7. The number of rotatable bonds is 5. The topological polar surface area (TPSA) is 66.5 Å². The molecule has 1 aromatic rings. The van der Waals surface area contributed by atoms with Crippen molar-refractivity contribution in [3.63, 3.8) is 0 Å². The van der Waals surface area contributed by atoms with Crippen molar-refractivity contribution < 1.29 is 13.2 Å². The van der Waals surface area contributed by atoms with Crippen molar-refractivity contribution in [1.29, 1.82) is 0 Å². The average Bonchev–Trinajstić information content (AvgIpc) is 2.48. The summed E-state index contributed by atoms with van der Waals surface area (Å²) in [6.45, 7) is -0.267. The fourth-order valence-electron chi connectivity index (χ4n) is 5.81. The van der Waals surface area contributed by atoms with Crippen LogP contribution in [0.1, 0.15) is 38.5 Å². The standard InChI is InChI=1S/C19H24Cl2N2O3S/c1-27(25,26)23(17-6-15(20)5-16(21)7-17)11-18(24)22-19-8-12-2-13(9-19)4-14(3-12)10-19/h5-7,12-14H,2-4,8-11H2,1H3,(H,22,24). The van der Waals surface area contributed by atoms with E-state index in [0.717, 1.165) is 29.8 Å². The highest BCUT2D eigenvalue weighted by molar-refractivity contribution is 7.92. The molecule has 148 valence electrons. The van der Waals surface area contributed by atoms with E-state index in [9.17, 15) is 13.2 Å². The number of benzene rings is 1. The summed E-state index contributed by atoms with van der Waals surface area (Å²) in [5.41, 5.74) is 0.150. The Hall–Kier alpha value is -0.980. The zero-order valence-electron chi connectivity index (χ0n) is 15.2. The molecule has 4 bridgehead atoms. The van der Waals surface area contributed by atoms with Crippen LogP contribution in [-0.2, 0) is 14.8 Å². The fraction of sp³-hybridized carbons (Fsp3) is 0.632. The first kappa shape index (κ1) is 19.3. The maximum Gasteiger partial charge on any atom is 0.241 e. The molecule has 4 fully saturated rings. The lowest BCUT2D eigenvalue weighted by molar-refractivity contribution is -0.125. The summed E-state index contributed by atoms with van der Waals surface area (Å²) in [5, 5.41) is 3.87. The molecule has 0 unspecified atom stereocenters. The third-order valence-corrected chi connectivity index (χ3v) is 7.84. The Balaban J connectivity index is 1.53. The first-order chi connectivity index (χ1) is 12.6. The van der Waals surface area contributed by atoms with Gasteiger partial charge in [0.1, 0.15) is 6.54 Å². The van der Waals surface area contributed by atoms with Crippen LogP contribution >= 0.6 is 23.2 Å². The lowest BCUT2D eigenvalue weighted by Crippen LogP contribution is -2.61. The van der Waals surface area contributed by atoms with Crippen LogP contribution in [0.2, 0.25) is 10.0 Å². The molecule has 0 radical (unpaired) electrons. The van der Waals surface area contributed by atoms with Crippen molar-refractivity contribution in [3.05, 3.63) is 28.2 Å². The summed E-state index contributed by atoms with van der Waals surface area (Å²) >= 11 is 12.0. The van der Waals surface area contributed by atoms with E-state index < -0.39 is 10.0 Å². The number of hydrogen-bond donors (Lipinski definition) is 1. The van der Waals surface area contributed by atoms with Crippen LogP contribution in [-0.4, -0.2) is 32.7 Å². The van der Waals surface area contributed by atoms with Gasteiger partial charge in [0.05, 0.1) is 11.9 Å². The third kappa shape index (κ3) is 4.08. The molecule has 1 aromatic carbocycles. The van der Waals surface area contributed by atoms with E-state index in [4.69, 9.17) is 23.2 Å². The van der Waals surface area contributed by atoms with E-state index in [-0.39, 0.29) is 18.0 Å². The van der Waals surface area contributed by atoms with Crippen molar-refractivity contribution in [2.45, 2.75) is 44.1 Å². The zero-order chi connectivity index (χ0) is 19.4. The SMILES string of the molecule is CS(=O)(=O)N(CC(=O)NC12CC3CC(CC(C3)C1)C2)c1cc(Cl)cc(Cl)c1. The predicted octanol–water partition coefficient (Wildman–Crippen LogP) is 3.84. The molecule has 8 heteroatoms. The molecule has 0 spiro atoms. The van der Waals surface area contributed by atoms with Crippen LogP contribution in [0, 0.1) is 17.8 Å². The molecular weight excluding hydrogens is 407 g/mol. The highest BCUT2D eigenvalue weighted by Gasteiger charge is 2.51. The summed E-state index contributed by atoms with van der Waals surface area (Å²) in [6, 6.07) is 4.54. The molecule has 1 N–H and O–H groups in total. The lowest BCUT2D eigenvalue weighted by Gasteiger charge is -2.57. The van der Waals surface area contributed by atoms with E-state index in [1.807, 2.05) is 0 Å². The molecule has 0 atom stereocenters. The molecule has 0 aromatic heterocycles. The van der Waals surface area contributed by atoms with Crippen molar-refractivity contribution in [3.8, 4) is 0 Å². The summed E-state index contributed by atoms with van der Waals surface area (Å²) in [7, 11) is -3.66. The van der Waals surface area contributed by atoms with E-state index in [2.05, 4.69) is 5.32 Å². The van der Waals surface area contributed by atoms with Gasteiger partial charge in [0.15, 0.2) is 0 Å². The van der Waals surface area contributed by atoms with Crippen LogP contribution in [0.25, 0.3) is 0 Å². The number of hydrogen-bond acceptors (Lipinski definition) is 3. The Morgan fingerprint density at radius 2 is 1.56 bits per heavy atom. The Labute approximate surface area is 170 Å². The minimum atomic E-state index is -3.66. The monoisotopic (exact) mass is 430 g/mol. The van der Waals surface area contributed by atoms with Gasteiger partial charge in [-0.05, 0) is 74.5 Å². The Morgan fingerprint density at radius 3 is 2.00 bits per heavy atom. The fourth-order valence-corrected chi connectivity index (χ4v) is 7.17. The van der Waals surface area contributed by atoms with Crippen LogP contribution < -0.4 is 9.62 Å². The quantitative estimate of drug-likeness (QED) is 0.771. The molecule has 5 nitrogen and oxygen atoms in total. The number of amides is 1. The van der Waals surface area contributed by atoms with E-state index in [1.165, 1.54) is 37.5 Å². The molecular formula is C19H24Cl2N2O3S. The predicted molar refractivity (Wildman–Crippen MR) is 108 cm³/mol. The average molecular weight is 431 g/mol. The summed E-state index contributed by atoms with van der Waals surface area (Å²) < 4.78 is 25.7. The van der Waals surface area contributed by atoms with Gasteiger partial charge in [-0.25, -0.2) is 8.42 Å². The molecule has 27 heavy (non-hydrogen) atoms. The van der Waals surface area contributed by atoms with Crippen molar-refractivity contribution >= 4 is 44.8 Å². The number of anilines is 1. The Kier molecular flexibility index (Phi) is 4.88. The summed E-state index contributed by atoms with van der Waals surface area (Å²) in [4.78, 5) is 12.8. The molecule has 0 saturated heterocycles. The first-order valence-corrected chi connectivity index (χ1v) is 12.0. The number of sulfonamides is 1. The molecule has 4 aliphatic rings. The summed E-state index contributed by atoms with van der Waals surface area (Å²) in [6.07, 6.45) is 7.99. The van der Waals surface area contributed by atoms with Crippen molar-refractivity contribution in [1.82, 2.24) is 5.32 Å². The Bertz CT molecular complexity index is 816. The van der Waals surface area contributed by atoms with Gasteiger partial charge in [0.25, 0.3) is 0 Å². The van der Waals surface area contributed by atoms with Crippen molar-refractivity contribution in [2.24, 2.45) is 17.8 Å². The second-order valence-corrected chi connectivity index (χ2v) is 11.4.